The van der Waals surface area contributed by atoms with Gasteiger partial charge in [-0.15, -0.1) is 0 Å². The largest absolute Gasteiger partial charge is 0.493 e. The van der Waals surface area contributed by atoms with E-state index in [0.717, 1.165) is 6.29 Å². The molecule has 0 heterocycles. The van der Waals surface area contributed by atoms with Gasteiger partial charge in [-0.25, -0.2) is 4.39 Å². The highest BCUT2D eigenvalue weighted by Gasteiger charge is 2.01. The van der Waals surface area contributed by atoms with Gasteiger partial charge in [0.25, 0.3) is 0 Å². The Hall–Kier alpha value is -2.16. The molecule has 0 saturated carbocycles. The van der Waals surface area contributed by atoms with Gasteiger partial charge in [0.1, 0.15) is 17.9 Å². The smallest absolute Gasteiger partial charge is 0.150 e. The first-order valence-electron chi connectivity index (χ1n) is 5.71. The molecule has 2 aromatic carbocycles. The number of aldehydes is 1. The van der Waals surface area contributed by atoms with Gasteiger partial charge in [-0.2, -0.15) is 0 Å². The van der Waals surface area contributed by atoms with Crippen LogP contribution < -0.4 is 4.74 Å². The molecule has 3 heteroatoms. The van der Waals surface area contributed by atoms with Crippen molar-refractivity contribution in [3.8, 4) is 5.75 Å². The molecule has 0 aliphatic heterocycles. The van der Waals surface area contributed by atoms with Gasteiger partial charge in [-0.1, -0.05) is 30.3 Å². The average Bonchev–Trinajstić information content (AvgIpc) is 2.41. The summed E-state index contributed by atoms with van der Waals surface area (Å²) in [5.41, 5.74) is 1.20. The predicted octanol–water partition coefficient (Wildman–Crippen LogP) is 3.26. The van der Waals surface area contributed by atoms with E-state index < -0.39 is 0 Å². The summed E-state index contributed by atoms with van der Waals surface area (Å²) < 4.78 is 18.8. The minimum Gasteiger partial charge on any atom is -0.493 e. The third-order valence-corrected chi connectivity index (χ3v) is 2.59. The van der Waals surface area contributed by atoms with E-state index in [4.69, 9.17) is 4.74 Å². The number of ether oxygens (including phenoxy) is 1. The quantitative estimate of drug-likeness (QED) is 0.754. The van der Waals surface area contributed by atoms with Gasteiger partial charge < -0.3 is 4.74 Å². The number of benzene rings is 2. The highest BCUT2D eigenvalue weighted by atomic mass is 19.1. The maximum absolute atomic E-state index is 13.3. The fraction of sp³-hybridized carbons (Fsp3) is 0.133. The maximum atomic E-state index is 13.3. The Morgan fingerprint density at radius 1 is 1.11 bits per heavy atom. The summed E-state index contributed by atoms with van der Waals surface area (Å²) >= 11 is 0. The van der Waals surface area contributed by atoms with E-state index in [1.807, 2.05) is 0 Å². The molecule has 0 bridgehead atoms. The Morgan fingerprint density at radius 3 is 2.72 bits per heavy atom. The van der Waals surface area contributed by atoms with Gasteiger partial charge in [-0.05, 0) is 23.8 Å². The van der Waals surface area contributed by atoms with Gasteiger partial charge in [0.05, 0.1) is 6.61 Å². The zero-order valence-corrected chi connectivity index (χ0v) is 9.80. The molecule has 2 aromatic rings. The third-order valence-electron chi connectivity index (χ3n) is 2.59. The normalized spacial score (nSPS) is 10.1. The summed E-state index contributed by atoms with van der Waals surface area (Å²) in [6, 6.07) is 13.5. The van der Waals surface area contributed by atoms with Crippen molar-refractivity contribution in [1.82, 2.24) is 0 Å². The van der Waals surface area contributed by atoms with Crippen molar-refractivity contribution in [3.63, 3.8) is 0 Å². The van der Waals surface area contributed by atoms with Crippen LogP contribution in [0.4, 0.5) is 4.39 Å². The molecule has 0 spiro atoms. The zero-order valence-electron chi connectivity index (χ0n) is 9.80. The molecular formula is C15H13FO2. The van der Waals surface area contributed by atoms with Crippen molar-refractivity contribution in [2.24, 2.45) is 0 Å². The van der Waals surface area contributed by atoms with E-state index in [1.54, 1.807) is 42.5 Å². The SMILES string of the molecule is O=Cc1cccc(OCCc2ccccc2F)c1. The lowest BCUT2D eigenvalue weighted by Gasteiger charge is -2.07. The molecule has 0 fully saturated rings. The van der Waals surface area contributed by atoms with E-state index in [0.29, 0.717) is 29.9 Å². The van der Waals surface area contributed by atoms with Gasteiger partial charge in [0, 0.05) is 12.0 Å². The number of carbonyl (C=O) groups is 1. The van der Waals surface area contributed by atoms with Crippen LogP contribution in [0.3, 0.4) is 0 Å². The number of rotatable bonds is 5. The first-order valence-corrected chi connectivity index (χ1v) is 5.71. The Bertz CT molecular complexity index is 538. The molecule has 0 aromatic heterocycles. The molecule has 0 amide bonds. The van der Waals surface area contributed by atoms with E-state index in [2.05, 4.69) is 0 Å². The maximum Gasteiger partial charge on any atom is 0.150 e. The fourth-order valence-corrected chi connectivity index (χ4v) is 1.66. The second kappa shape index (κ2) is 5.96. The Kier molecular flexibility index (Phi) is 4.07. The molecule has 2 nitrogen and oxygen atoms in total. The number of hydrogen-bond acceptors (Lipinski definition) is 2. The van der Waals surface area contributed by atoms with Crippen LogP contribution in [0.5, 0.6) is 5.75 Å². The lowest BCUT2D eigenvalue weighted by atomic mass is 10.1. The summed E-state index contributed by atoms with van der Waals surface area (Å²) in [5.74, 6) is 0.402. The number of carbonyl (C=O) groups excluding carboxylic acids is 1. The van der Waals surface area contributed by atoms with Gasteiger partial charge in [-0.3, -0.25) is 4.79 Å². The summed E-state index contributed by atoms with van der Waals surface area (Å²) in [5, 5.41) is 0. The molecule has 0 radical (unpaired) electrons. The standard InChI is InChI=1S/C15H13FO2/c16-15-7-2-1-5-13(15)8-9-18-14-6-3-4-12(10-14)11-17/h1-7,10-11H,8-9H2. The van der Waals surface area contributed by atoms with Gasteiger partial charge >= 0.3 is 0 Å². The monoisotopic (exact) mass is 244 g/mol. The second-order valence-corrected chi connectivity index (χ2v) is 3.88. The molecule has 0 aliphatic carbocycles. The highest BCUT2D eigenvalue weighted by Crippen LogP contribution is 2.13. The van der Waals surface area contributed by atoms with E-state index >= 15 is 0 Å². The minimum absolute atomic E-state index is 0.220. The summed E-state index contributed by atoms with van der Waals surface area (Å²) in [6.45, 7) is 0.378. The van der Waals surface area contributed by atoms with Crippen molar-refractivity contribution < 1.29 is 13.9 Å². The Balaban J connectivity index is 1.92. The lowest BCUT2D eigenvalue weighted by molar-refractivity contribution is 0.112. The number of halogens is 1. The van der Waals surface area contributed by atoms with E-state index in [9.17, 15) is 9.18 Å². The lowest BCUT2D eigenvalue weighted by Crippen LogP contribution is -2.03. The predicted molar refractivity (Wildman–Crippen MR) is 67.4 cm³/mol. The first-order chi connectivity index (χ1) is 8.79. The van der Waals surface area contributed by atoms with Crippen LogP contribution in [0.25, 0.3) is 0 Å². The van der Waals surface area contributed by atoms with Gasteiger partial charge in [0.15, 0.2) is 0 Å². The molecule has 0 aliphatic rings. The second-order valence-electron chi connectivity index (χ2n) is 3.88. The molecular weight excluding hydrogens is 231 g/mol. The molecule has 0 atom stereocenters. The summed E-state index contributed by atoms with van der Waals surface area (Å²) in [7, 11) is 0. The van der Waals surface area contributed by atoms with Crippen molar-refractivity contribution in [3.05, 3.63) is 65.5 Å². The van der Waals surface area contributed by atoms with Crippen molar-refractivity contribution >= 4 is 6.29 Å². The van der Waals surface area contributed by atoms with Crippen molar-refractivity contribution in [2.75, 3.05) is 6.61 Å². The molecule has 0 saturated heterocycles. The van der Waals surface area contributed by atoms with Crippen molar-refractivity contribution in [1.29, 1.82) is 0 Å². The fourth-order valence-electron chi connectivity index (χ4n) is 1.66. The molecule has 0 unspecified atom stereocenters. The minimum atomic E-state index is -0.220. The van der Waals surface area contributed by atoms with Crippen LogP contribution in [0.2, 0.25) is 0 Å². The summed E-state index contributed by atoms with van der Waals surface area (Å²) in [6.07, 6.45) is 1.27. The Morgan fingerprint density at radius 2 is 1.94 bits per heavy atom. The Labute approximate surface area is 105 Å². The molecule has 92 valence electrons. The van der Waals surface area contributed by atoms with Crippen LogP contribution in [0.15, 0.2) is 48.5 Å². The van der Waals surface area contributed by atoms with Crippen LogP contribution in [0, 0.1) is 5.82 Å². The van der Waals surface area contributed by atoms with Crippen LogP contribution in [-0.4, -0.2) is 12.9 Å². The highest BCUT2D eigenvalue weighted by molar-refractivity contribution is 5.75. The zero-order chi connectivity index (χ0) is 12.8. The van der Waals surface area contributed by atoms with Crippen molar-refractivity contribution in [2.45, 2.75) is 6.42 Å². The first kappa shape index (κ1) is 12.3. The van der Waals surface area contributed by atoms with Crippen LogP contribution >= 0.6 is 0 Å². The van der Waals surface area contributed by atoms with E-state index in [1.165, 1.54) is 6.07 Å². The average molecular weight is 244 g/mol. The molecule has 18 heavy (non-hydrogen) atoms. The number of hydrogen-bond donors (Lipinski definition) is 0. The van der Waals surface area contributed by atoms with Crippen LogP contribution in [0.1, 0.15) is 15.9 Å². The molecule has 0 N–H and O–H groups in total. The van der Waals surface area contributed by atoms with E-state index in [-0.39, 0.29) is 5.82 Å². The molecule has 2 rings (SSSR count). The third kappa shape index (κ3) is 3.17. The summed E-state index contributed by atoms with van der Waals surface area (Å²) in [4.78, 5) is 10.6. The van der Waals surface area contributed by atoms with Gasteiger partial charge in [0.2, 0.25) is 0 Å². The van der Waals surface area contributed by atoms with Crippen LogP contribution in [-0.2, 0) is 6.42 Å². The topological polar surface area (TPSA) is 26.3 Å².